The fourth-order valence-electron chi connectivity index (χ4n) is 3.09. The van der Waals surface area contributed by atoms with Gasteiger partial charge in [-0.25, -0.2) is 0 Å². The number of aryl methyl sites for hydroxylation is 1. The van der Waals surface area contributed by atoms with E-state index in [0.717, 1.165) is 44.6 Å². The summed E-state index contributed by atoms with van der Waals surface area (Å²) in [6.45, 7) is 5.65. The lowest BCUT2D eigenvalue weighted by Crippen LogP contribution is -2.39. The zero-order valence-electron chi connectivity index (χ0n) is 14.4. The maximum Gasteiger partial charge on any atom is 0.229 e. The van der Waals surface area contributed by atoms with Gasteiger partial charge in [-0.05, 0) is 37.1 Å². The Kier molecular flexibility index (Phi) is 5.66. The minimum atomic E-state index is 0.205. The van der Waals surface area contributed by atoms with Gasteiger partial charge in [-0.2, -0.15) is 4.98 Å². The summed E-state index contributed by atoms with van der Waals surface area (Å²) in [5.74, 6) is 2.14. The number of aromatic nitrogens is 2. The number of amides is 1. The van der Waals surface area contributed by atoms with Crippen LogP contribution in [0.3, 0.4) is 0 Å². The number of piperidine rings is 1. The van der Waals surface area contributed by atoms with Crippen LogP contribution in [0.25, 0.3) is 0 Å². The summed E-state index contributed by atoms with van der Waals surface area (Å²) in [6.07, 6.45) is 4.56. The summed E-state index contributed by atoms with van der Waals surface area (Å²) < 4.78 is 5.32. The first-order chi connectivity index (χ1) is 11.6. The Hall–Kier alpha value is -1.69. The van der Waals surface area contributed by atoms with E-state index in [2.05, 4.69) is 27.7 Å². The standard InChI is InChI=1S/C18H25N3O2S/c1-13(2)18-19-17(20-23-18)14-6-4-10-21(12-14)16(22)9-3-7-15-8-5-11-24-15/h5,8,11,13-14H,3-4,6-7,9-10,12H2,1-2H3/t14-/m1/s1. The van der Waals surface area contributed by atoms with E-state index in [9.17, 15) is 4.79 Å². The van der Waals surface area contributed by atoms with Gasteiger partial charge in [-0.15, -0.1) is 11.3 Å². The lowest BCUT2D eigenvalue weighted by Gasteiger charge is -2.31. The van der Waals surface area contributed by atoms with Crippen LogP contribution in [0.4, 0.5) is 0 Å². The molecule has 1 amide bonds. The second kappa shape index (κ2) is 7.92. The predicted octanol–water partition coefficient (Wildman–Crippen LogP) is 3.98. The van der Waals surface area contributed by atoms with Crippen LogP contribution < -0.4 is 0 Å². The van der Waals surface area contributed by atoms with Crippen LogP contribution >= 0.6 is 11.3 Å². The molecule has 0 N–H and O–H groups in total. The first kappa shape index (κ1) is 17.1. The van der Waals surface area contributed by atoms with Crippen molar-refractivity contribution in [3.63, 3.8) is 0 Å². The van der Waals surface area contributed by atoms with Gasteiger partial charge in [0.25, 0.3) is 0 Å². The van der Waals surface area contributed by atoms with Crippen LogP contribution in [0, 0.1) is 0 Å². The van der Waals surface area contributed by atoms with E-state index in [1.54, 1.807) is 11.3 Å². The SMILES string of the molecule is CC(C)c1nc([C@@H]2CCCN(C(=O)CCCc3cccs3)C2)no1. The molecule has 0 aliphatic carbocycles. The lowest BCUT2D eigenvalue weighted by molar-refractivity contribution is -0.132. The number of likely N-dealkylation sites (tertiary alicyclic amines) is 1. The molecule has 0 unspecified atom stereocenters. The van der Waals surface area contributed by atoms with Crippen molar-refractivity contribution in [3.05, 3.63) is 34.1 Å². The smallest absolute Gasteiger partial charge is 0.229 e. The van der Waals surface area contributed by atoms with E-state index in [1.165, 1.54) is 4.88 Å². The summed E-state index contributed by atoms with van der Waals surface area (Å²) in [7, 11) is 0. The second-order valence-corrected chi connectivity index (χ2v) is 7.79. The number of hydrogen-bond donors (Lipinski definition) is 0. The van der Waals surface area contributed by atoms with Gasteiger partial charge >= 0.3 is 0 Å². The summed E-state index contributed by atoms with van der Waals surface area (Å²) in [5.41, 5.74) is 0. The lowest BCUT2D eigenvalue weighted by atomic mass is 9.97. The van der Waals surface area contributed by atoms with E-state index in [-0.39, 0.29) is 17.7 Å². The van der Waals surface area contributed by atoms with Crippen molar-refractivity contribution in [3.8, 4) is 0 Å². The van der Waals surface area contributed by atoms with Crippen molar-refractivity contribution in [2.24, 2.45) is 0 Å². The van der Waals surface area contributed by atoms with E-state index in [1.807, 2.05) is 18.7 Å². The Labute approximate surface area is 147 Å². The first-order valence-electron chi connectivity index (χ1n) is 8.77. The molecule has 1 aliphatic heterocycles. The van der Waals surface area contributed by atoms with Crippen molar-refractivity contribution in [2.75, 3.05) is 13.1 Å². The third-order valence-corrected chi connectivity index (χ3v) is 5.42. The second-order valence-electron chi connectivity index (χ2n) is 6.76. The molecular weight excluding hydrogens is 322 g/mol. The molecule has 1 saturated heterocycles. The van der Waals surface area contributed by atoms with Gasteiger partial charge in [-0.3, -0.25) is 4.79 Å². The van der Waals surface area contributed by atoms with Crippen molar-refractivity contribution in [1.29, 1.82) is 0 Å². The van der Waals surface area contributed by atoms with Crippen LogP contribution in [0.2, 0.25) is 0 Å². The molecule has 2 aromatic rings. The van der Waals surface area contributed by atoms with Gasteiger partial charge in [0.15, 0.2) is 5.82 Å². The Bertz CT molecular complexity index is 651. The normalized spacial score (nSPS) is 18.3. The molecule has 1 aliphatic rings. The summed E-state index contributed by atoms with van der Waals surface area (Å²) >= 11 is 1.76. The average molecular weight is 347 g/mol. The molecule has 0 spiro atoms. The molecule has 0 aromatic carbocycles. The highest BCUT2D eigenvalue weighted by molar-refractivity contribution is 7.09. The van der Waals surface area contributed by atoms with Crippen LogP contribution in [-0.4, -0.2) is 34.0 Å². The number of carbonyl (C=O) groups excluding carboxylic acids is 1. The first-order valence-corrected chi connectivity index (χ1v) is 9.65. The molecule has 5 nitrogen and oxygen atoms in total. The van der Waals surface area contributed by atoms with E-state index in [0.29, 0.717) is 12.3 Å². The van der Waals surface area contributed by atoms with Crippen LogP contribution in [0.5, 0.6) is 0 Å². The predicted molar refractivity (Wildman–Crippen MR) is 94.2 cm³/mol. The Morgan fingerprint density at radius 2 is 2.38 bits per heavy atom. The molecule has 0 radical (unpaired) electrons. The van der Waals surface area contributed by atoms with Gasteiger partial charge in [-0.1, -0.05) is 25.1 Å². The quantitative estimate of drug-likeness (QED) is 0.793. The zero-order chi connectivity index (χ0) is 16.9. The average Bonchev–Trinajstić information content (AvgIpc) is 3.26. The zero-order valence-corrected chi connectivity index (χ0v) is 15.2. The van der Waals surface area contributed by atoms with E-state index < -0.39 is 0 Å². The number of rotatable bonds is 6. The third-order valence-electron chi connectivity index (χ3n) is 4.48. The molecule has 3 rings (SSSR count). The largest absolute Gasteiger partial charge is 0.342 e. The third kappa shape index (κ3) is 4.23. The van der Waals surface area contributed by atoms with E-state index in [4.69, 9.17) is 4.52 Å². The van der Waals surface area contributed by atoms with E-state index >= 15 is 0 Å². The summed E-state index contributed by atoms with van der Waals surface area (Å²) in [6, 6.07) is 4.20. The maximum atomic E-state index is 12.5. The van der Waals surface area contributed by atoms with Crippen LogP contribution in [0.15, 0.2) is 22.0 Å². The fourth-order valence-corrected chi connectivity index (χ4v) is 3.84. The Balaban J connectivity index is 1.51. The highest BCUT2D eigenvalue weighted by atomic mass is 32.1. The van der Waals surface area contributed by atoms with Gasteiger partial charge in [0.1, 0.15) is 0 Å². The van der Waals surface area contributed by atoms with Gasteiger partial charge in [0, 0.05) is 36.2 Å². The molecule has 1 atom stereocenters. The van der Waals surface area contributed by atoms with Crippen LogP contribution in [-0.2, 0) is 11.2 Å². The molecule has 0 saturated carbocycles. The highest BCUT2D eigenvalue weighted by Gasteiger charge is 2.28. The molecule has 6 heteroatoms. The molecule has 3 heterocycles. The van der Waals surface area contributed by atoms with Crippen molar-refractivity contribution in [2.45, 2.75) is 57.8 Å². The number of hydrogen-bond acceptors (Lipinski definition) is 5. The highest BCUT2D eigenvalue weighted by Crippen LogP contribution is 2.26. The minimum Gasteiger partial charge on any atom is -0.342 e. The topological polar surface area (TPSA) is 59.2 Å². The van der Waals surface area contributed by atoms with Gasteiger partial charge < -0.3 is 9.42 Å². The monoisotopic (exact) mass is 347 g/mol. The Morgan fingerprint density at radius 3 is 3.08 bits per heavy atom. The molecule has 1 fully saturated rings. The molecule has 0 bridgehead atoms. The van der Waals surface area contributed by atoms with Gasteiger partial charge in [0.05, 0.1) is 0 Å². The molecule has 130 valence electrons. The summed E-state index contributed by atoms with van der Waals surface area (Å²) in [4.78, 5) is 20.3. The van der Waals surface area contributed by atoms with Crippen molar-refractivity contribution in [1.82, 2.24) is 15.0 Å². The number of carbonyl (C=O) groups is 1. The maximum absolute atomic E-state index is 12.5. The number of nitrogens with zero attached hydrogens (tertiary/aromatic N) is 3. The molecule has 24 heavy (non-hydrogen) atoms. The fraction of sp³-hybridized carbons (Fsp3) is 0.611. The van der Waals surface area contributed by atoms with Gasteiger partial charge in [0.2, 0.25) is 11.8 Å². The molecular formula is C18H25N3O2S. The molecule has 2 aromatic heterocycles. The van der Waals surface area contributed by atoms with Crippen LogP contribution in [0.1, 0.15) is 68.0 Å². The number of thiophene rings is 1. The minimum absolute atomic E-state index is 0.205. The van der Waals surface area contributed by atoms with Crippen molar-refractivity contribution < 1.29 is 9.32 Å². The summed E-state index contributed by atoms with van der Waals surface area (Å²) in [5, 5.41) is 6.21. The Morgan fingerprint density at radius 1 is 1.50 bits per heavy atom. The van der Waals surface area contributed by atoms with Crippen molar-refractivity contribution >= 4 is 17.2 Å².